The summed E-state index contributed by atoms with van der Waals surface area (Å²) < 4.78 is 6.24. The Balaban J connectivity index is 1.73. The Bertz CT molecular complexity index is 813. The molecule has 3 aromatic rings. The van der Waals surface area contributed by atoms with Gasteiger partial charge in [0.25, 0.3) is 5.91 Å². The number of nitrogens with one attached hydrogen (secondary N) is 1. The molecular weight excluding hydrogens is 423 g/mol. The number of nitrogens with zero attached hydrogens (tertiary/aromatic N) is 1. The van der Waals surface area contributed by atoms with Gasteiger partial charge in [-0.3, -0.25) is 10.1 Å². The fourth-order valence-electron chi connectivity index (χ4n) is 2.00. The van der Waals surface area contributed by atoms with Gasteiger partial charge in [-0.2, -0.15) is 0 Å². The number of hydrogen-bond acceptors (Lipinski definition) is 4. The molecule has 0 spiro atoms. The zero-order valence-corrected chi connectivity index (χ0v) is 15.2. The van der Waals surface area contributed by atoms with Gasteiger partial charge in [-0.25, -0.2) is 4.98 Å². The molecule has 3 rings (SSSR count). The smallest absolute Gasteiger partial charge is 0.257 e. The molecule has 0 atom stereocenters. The average Bonchev–Trinajstić information content (AvgIpc) is 3.04. The number of rotatable bonds is 4. The zero-order chi connectivity index (χ0) is 16.2. The van der Waals surface area contributed by atoms with Gasteiger partial charge < -0.3 is 4.74 Å². The number of carbonyl (C=O) groups excluding carboxylic acids is 1. The maximum absolute atomic E-state index is 12.2. The fraction of sp³-hybridized carbons (Fsp3) is 0.0588. The lowest BCUT2D eigenvalue weighted by Crippen LogP contribution is -2.11. The lowest BCUT2D eigenvalue weighted by molar-refractivity contribution is 0.102. The quantitative estimate of drug-likeness (QED) is 0.605. The summed E-state index contributed by atoms with van der Waals surface area (Å²) in [5.74, 6) is 0.647. The standard InChI is InChI=1S/C17H13IN2O2S/c1-22-14-8-4-11(5-9-14)15-10-23-17(19-15)20-16(21)12-2-6-13(18)7-3-12/h2-10H,1H3,(H,19,20,21). The summed E-state index contributed by atoms with van der Waals surface area (Å²) in [6.45, 7) is 0. The van der Waals surface area contributed by atoms with Crippen LogP contribution in [0.5, 0.6) is 5.75 Å². The molecule has 1 N–H and O–H groups in total. The van der Waals surface area contributed by atoms with Crippen molar-refractivity contribution in [2.45, 2.75) is 0 Å². The molecule has 0 aliphatic carbocycles. The monoisotopic (exact) mass is 436 g/mol. The molecule has 1 heterocycles. The molecule has 1 amide bonds. The van der Waals surface area contributed by atoms with E-state index in [2.05, 4.69) is 32.9 Å². The number of aromatic nitrogens is 1. The van der Waals surface area contributed by atoms with Crippen molar-refractivity contribution < 1.29 is 9.53 Å². The van der Waals surface area contributed by atoms with Gasteiger partial charge in [0.2, 0.25) is 0 Å². The highest BCUT2D eigenvalue weighted by atomic mass is 127. The summed E-state index contributed by atoms with van der Waals surface area (Å²) in [5, 5.41) is 5.34. The predicted molar refractivity (Wildman–Crippen MR) is 101 cm³/mol. The van der Waals surface area contributed by atoms with Gasteiger partial charge in [-0.15, -0.1) is 11.3 Å². The molecule has 4 nitrogen and oxygen atoms in total. The van der Waals surface area contributed by atoms with E-state index in [0.29, 0.717) is 10.7 Å². The SMILES string of the molecule is COc1ccc(-c2csc(NC(=O)c3ccc(I)cc3)n2)cc1. The number of hydrogen-bond donors (Lipinski definition) is 1. The van der Waals surface area contributed by atoms with Crippen LogP contribution in [0.15, 0.2) is 53.9 Å². The number of amides is 1. The van der Waals surface area contributed by atoms with Crippen LogP contribution >= 0.6 is 33.9 Å². The van der Waals surface area contributed by atoms with Gasteiger partial charge >= 0.3 is 0 Å². The first-order chi connectivity index (χ1) is 11.2. The molecule has 0 fully saturated rings. The first-order valence-corrected chi connectivity index (χ1v) is 8.78. The minimum Gasteiger partial charge on any atom is -0.497 e. The van der Waals surface area contributed by atoms with Crippen LogP contribution in [0.4, 0.5) is 5.13 Å². The molecule has 2 aromatic carbocycles. The van der Waals surface area contributed by atoms with Crippen LogP contribution < -0.4 is 10.1 Å². The third-order valence-electron chi connectivity index (χ3n) is 3.22. The fourth-order valence-corrected chi connectivity index (χ4v) is 3.07. The molecular formula is C17H13IN2O2S. The highest BCUT2D eigenvalue weighted by Gasteiger charge is 2.10. The van der Waals surface area contributed by atoms with Gasteiger partial charge in [-0.1, -0.05) is 0 Å². The number of carbonyl (C=O) groups is 1. The highest BCUT2D eigenvalue weighted by Crippen LogP contribution is 2.26. The number of anilines is 1. The van der Waals surface area contributed by atoms with E-state index >= 15 is 0 Å². The lowest BCUT2D eigenvalue weighted by atomic mass is 10.2. The van der Waals surface area contributed by atoms with E-state index in [4.69, 9.17) is 4.74 Å². The van der Waals surface area contributed by atoms with Crippen molar-refractivity contribution in [2.75, 3.05) is 12.4 Å². The van der Waals surface area contributed by atoms with E-state index in [1.807, 2.05) is 41.8 Å². The molecule has 23 heavy (non-hydrogen) atoms. The van der Waals surface area contributed by atoms with Gasteiger partial charge in [0.15, 0.2) is 5.13 Å². The topological polar surface area (TPSA) is 51.2 Å². The van der Waals surface area contributed by atoms with Crippen LogP contribution in [0.2, 0.25) is 0 Å². The van der Waals surface area contributed by atoms with Crippen LogP contribution in [0.25, 0.3) is 11.3 Å². The predicted octanol–water partition coefficient (Wildman–Crippen LogP) is 4.68. The number of benzene rings is 2. The van der Waals surface area contributed by atoms with Crippen molar-refractivity contribution in [3.05, 3.63) is 63.0 Å². The van der Waals surface area contributed by atoms with E-state index in [-0.39, 0.29) is 5.91 Å². The number of thiazole rings is 1. The van der Waals surface area contributed by atoms with Crippen LogP contribution in [-0.2, 0) is 0 Å². The van der Waals surface area contributed by atoms with Crippen LogP contribution in [0.1, 0.15) is 10.4 Å². The normalized spacial score (nSPS) is 10.3. The molecule has 0 radical (unpaired) electrons. The Morgan fingerprint density at radius 2 is 1.83 bits per heavy atom. The van der Waals surface area contributed by atoms with Crippen LogP contribution in [0, 0.1) is 3.57 Å². The molecule has 6 heteroatoms. The third kappa shape index (κ3) is 3.89. The van der Waals surface area contributed by atoms with Crippen LogP contribution in [-0.4, -0.2) is 18.0 Å². The van der Waals surface area contributed by atoms with E-state index in [9.17, 15) is 4.79 Å². The highest BCUT2D eigenvalue weighted by molar-refractivity contribution is 14.1. The van der Waals surface area contributed by atoms with Crippen molar-refractivity contribution in [1.82, 2.24) is 4.98 Å². The summed E-state index contributed by atoms with van der Waals surface area (Å²) in [4.78, 5) is 16.7. The zero-order valence-electron chi connectivity index (χ0n) is 12.2. The summed E-state index contributed by atoms with van der Waals surface area (Å²) >= 11 is 3.61. The van der Waals surface area contributed by atoms with E-state index in [1.165, 1.54) is 11.3 Å². The maximum atomic E-state index is 12.2. The summed E-state index contributed by atoms with van der Waals surface area (Å²) in [5.41, 5.74) is 2.43. The molecule has 0 saturated carbocycles. The van der Waals surface area contributed by atoms with E-state index in [1.54, 1.807) is 19.2 Å². The second-order valence-electron chi connectivity index (χ2n) is 4.73. The molecule has 0 aliphatic rings. The van der Waals surface area contributed by atoms with Gasteiger partial charge in [0.1, 0.15) is 5.75 Å². The molecule has 1 aromatic heterocycles. The summed E-state index contributed by atoms with van der Waals surface area (Å²) in [6.07, 6.45) is 0. The molecule has 0 bridgehead atoms. The first-order valence-electron chi connectivity index (χ1n) is 6.82. The van der Waals surface area contributed by atoms with Crippen LogP contribution in [0.3, 0.4) is 0 Å². The second-order valence-corrected chi connectivity index (χ2v) is 6.83. The number of ether oxygens (including phenoxy) is 1. The van der Waals surface area contributed by atoms with E-state index in [0.717, 1.165) is 20.6 Å². The molecule has 0 saturated heterocycles. The Labute approximate surface area is 151 Å². The molecule has 0 aliphatic heterocycles. The van der Waals surface area contributed by atoms with Gasteiger partial charge in [0.05, 0.1) is 12.8 Å². The first kappa shape index (κ1) is 15.9. The van der Waals surface area contributed by atoms with Gasteiger partial charge in [0, 0.05) is 20.1 Å². The van der Waals surface area contributed by atoms with Crippen molar-refractivity contribution in [1.29, 1.82) is 0 Å². The third-order valence-corrected chi connectivity index (χ3v) is 4.69. The van der Waals surface area contributed by atoms with Crippen molar-refractivity contribution in [3.63, 3.8) is 0 Å². The van der Waals surface area contributed by atoms with Gasteiger partial charge in [-0.05, 0) is 71.1 Å². The number of halogens is 1. The van der Waals surface area contributed by atoms with Crippen molar-refractivity contribution >= 4 is 45.0 Å². The average molecular weight is 436 g/mol. The Morgan fingerprint density at radius 1 is 1.13 bits per heavy atom. The Morgan fingerprint density at radius 3 is 2.48 bits per heavy atom. The maximum Gasteiger partial charge on any atom is 0.257 e. The second kappa shape index (κ2) is 7.10. The summed E-state index contributed by atoms with van der Waals surface area (Å²) in [7, 11) is 1.64. The largest absolute Gasteiger partial charge is 0.497 e. The minimum atomic E-state index is -0.156. The van der Waals surface area contributed by atoms with Crippen molar-refractivity contribution in [3.8, 4) is 17.0 Å². The minimum absolute atomic E-state index is 0.156. The Kier molecular flexibility index (Phi) is 4.92. The van der Waals surface area contributed by atoms with E-state index < -0.39 is 0 Å². The lowest BCUT2D eigenvalue weighted by Gasteiger charge is -2.02. The number of methoxy groups -OCH3 is 1. The molecule has 116 valence electrons. The molecule has 0 unspecified atom stereocenters. The van der Waals surface area contributed by atoms with Crippen molar-refractivity contribution in [2.24, 2.45) is 0 Å². The summed E-state index contributed by atoms with van der Waals surface area (Å²) in [6, 6.07) is 15.1. The Hall–Kier alpha value is -1.93.